The van der Waals surface area contributed by atoms with Crippen molar-refractivity contribution >= 4 is 27.6 Å². The van der Waals surface area contributed by atoms with Crippen LogP contribution in [0.25, 0.3) is 0 Å². The second kappa shape index (κ2) is 7.08. The minimum atomic E-state index is 0.541. The summed E-state index contributed by atoms with van der Waals surface area (Å²) in [5.41, 5.74) is 0. The molecule has 1 aromatic heterocycles. The van der Waals surface area contributed by atoms with Gasteiger partial charge in [-0.3, -0.25) is 0 Å². The van der Waals surface area contributed by atoms with Crippen molar-refractivity contribution in [2.45, 2.75) is 52.0 Å². The lowest BCUT2D eigenvalue weighted by atomic mass is 9.84. The molecular weight excluding hydrogens is 304 g/mol. The molecule has 4 nitrogen and oxygen atoms in total. The molecule has 0 aromatic carbocycles. The van der Waals surface area contributed by atoms with E-state index in [2.05, 4.69) is 50.4 Å². The lowest BCUT2D eigenvalue weighted by molar-refractivity contribution is 0.327. The van der Waals surface area contributed by atoms with Gasteiger partial charge in [-0.1, -0.05) is 26.2 Å². The van der Waals surface area contributed by atoms with E-state index in [0.29, 0.717) is 6.04 Å². The number of hydrogen-bond donors (Lipinski definition) is 2. The van der Waals surface area contributed by atoms with Crippen LogP contribution in [0.4, 0.5) is 11.6 Å². The Labute approximate surface area is 123 Å². The lowest BCUT2D eigenvalue weighted by Crippen LogP contribution is -2.27. The van der Waals surface area contributed by atoms with E-state index in [-0.39, 0.29) is 0 Å². The zero-order valence-electron chi connectivity index (χ0n) is 11.7. The van der Waals surface area contributed by atoms with Crippen LogP contribution in [0, 0.1) is 5.92 Å². The normalized spacial score (nSPS) is 23.1. The van der Waals surface area contributed by atoms with E-state index in [4.69, 9.17) is 0 Å². The van der Waals surface area contributed by atoms with Crippen molar-refractivity contribution in [1.82, 2.24) is 9.97 Å². The summed E-state index contributed by atoms with van der Waals surface area (Å²) in [7, 11) is 0. The van der Waals surface area contributed by atoms with Gasteiger partial charge >= 0.3 is 0 Å². The molecule has 1 heterocycles. The standard InChI is InChI=1S/C14H23BrN4/c1-3-10-6-5-7-11(8-10)19-14-12(15)13(16-4-2)17-9-18-14/h9-11H,3-8H2,1-2H3,(H2,16,17,18,19). The molecule has 1 fully saturated rings. The molecule has 2 rings (SSSR count). The molecular formula is C14H23BrN4. The van der Waals surface area contributed by atoms with E-state index in [1.165, 1.54) is 32.1 Å². The maximum Gasteiger partial charge on any atom is 0.146 e. The van der Waals surface area contributed by atoms with E-state index in [0.717, 1.165) is 28.6 Å². The molecule has 0 bridgehead atoms. The fraction of sp³-hybridized carbons (Fsp3) is 0.714. The van der Waals surface area contributed by atoms with Gasteiger partial charge in [0.2, 0.25) is 0 Å². The molecule has 2 N–H and O–H groups in total. The third-order valence-corrected chi connectivity index (χ3v) is 4.59. The quantitative estimate of drug-likeness (QED) is 0.856. The summed E-state index contributed by atoms with van der Waals surface area (Å²) in [5, 5.41) is 6.81. The molecule has 0 aliphatic heterocycles. The van der Waals surface area contributed by atoms with Gasteiger partial charge in [0.1, 0.15) is 22.4 Å². The molecule has 106 valence electrons. The Kier molecular flexibility index (Phi) is 5.43. The predicted molar refractivity (Wildman–Crippen MR) is 83.6 cm³/mol. The average molecular weight is 327 g/mol. The van der Waals surface area contributed by atoms with Gasteiger partial charge in [-0.2, -0.15) is 0 Å². The highest BCUT2D eigenvalue weighted by atomic mass is 79.9. The molecule has 0 spiro atoms. The predicted octanol–water partition coefficient (Wildman–Crippen LogP) is 4.05. The SMILES string of the molecule is CCNc1ncnc(NC2CCCC(CC)C2)c1Br. The van der Waals surface area contributed by atoms with Gasteiger partial charge < -0.3 is 10.6 Å². The van der Waals surface area contributed by atoms with Crippen LogP contribution in [0.1, 0.15) is 46.0 Å². The van der Waals surface area contributed by atoms with Crippen LogP contribution in [0.3, 0.4) is 0 Å². The molecule has 5 heteroatoms. The minimum Gasteiger partial charge on any atom is -0.369 e. The van der Waals surface area contributed by atoms with Crippen LogP contribution in [0.2, 0.25) is 0 Å². The van der Waals surface area contributed by atoms with Gasteiger partial charge in [-0.15, -0.1) is 0 Å². The Morgan fingerprint density at radius 1 is 1.26 bits per heavy atom. The largest absolute Gasteiger partial charge is 0.369 e. The maximum absolute atomic E-state index is 4.36. The number of halogens is 1. The van der Waals surface area contributed by atoms with Gasteiger partial charge in [0.15, 0.2) is 0 Å². The zero-order chi connectivity index (χ0) is 13.7. The Hall–Kier alpha value is -0.840. The number of rotatable bonds is 5. The highest BCUT2D eigenvalue weighted by Crippen LogP contribution is 2.31. The first-order valence-electron chi connectivity index (χ1n) is 7.25. The van der Waals surface area contributed by atoms with E-state index < -0.39 is 0 Å². The molecule has 0 saturated heterocycles. The molecule has 2 atom stereocenters. The molecule has 1 aromatic rings. The second-order valence-electron chi connectivity index (χ2n) is 5.20. The third kappa shape index (κ3) is 3.81. The van der Waals surface area contributed by atoms with Gasteiger partial charge in [0.05, 0.1) is 0 Å². The summed E-state index contributed by atoms with van der Waals surface area (Å²) < 4.78 is 0.940. The monoisotopic (exact) mass is 326 g/mol. The Morgan fingerprint density at radius 3 is 2.79 bits per heavy atom. The maximum atomic E-state index is 4.36. The van der Waals surface area contributed by atoms with Crippen molar-refractivity contribution in [3.63, 3.8) is 0 Å². The second-order valence-corrected chi connectivity index (χ2v) is 5.99. The highest BCUT2D eigenvalue weighted by Gasteiger charge is 2.22. The van der Waals surface area contributed by atoms with Crippen molar-refractivity contribution in [2.75, 3.05) is 17.2 Å². The average Bonchev–Trinajstić information content (AvgIpc) is 2.44. The van der Waals surface area contributed by atoms with Crippen molar-refractivity contribution in [1.29, 1.82) is 0 Å². The van der Waals surface area contributed by atoms with Crippen molar-refractivity contribution < 1.29 is 0 Å². The summed E-state index contributed by atoms with van der Waals surface area (Å²) >= 11 is 3.59. The summed E-state index contributed by atoms with van der Waals surface area (Å²) in [4.78, 5) is 8.60. The Bertz CT molecular complexity index is 410. The van der Waals surface area contributed by atoms with Gasteiger partial charge in [0, 0.05) is 12.6 Å². The summed E-state index contributed by atoms with van der Waals surface area (Å²) in [6.07, 6.45) is 8.09. The van der Waals surface area contributed by atoms with E-state index in [1.54, 1.807) is 6.33 Å². The number of aromatic nitrogens is 2. The zero-order valence-corrected chi connectivity index (χ0v) is 13.3. The Morgan fingerprint density at radius 2 is 2.05 bits per heavy atom. The van der Waals surface area contributed by atoms with E-state index in [9.17, 15) is 0 Å². The third-order valence-electron chi connectivity index (χ3n) is 3.83. The first kappa shape index (κ1) is 14.6. The summed E-state index contributed by atoms with van der Waals surface area (Å²) in [5.74, 6) is 2.63. The molecule has 2 unspecified atom stereocenters. The van der Waals surface area contributed by atoms with Crippen LogP contribution in [0.5, 0.6) is 0 Å². The fourth-order valence-electron chi connectivity index (χ4n) is 2.75. The van der Waals surface area contributed by atoms with Gasteiger partial charge in [0.25, 0.3) is 0 Å². The van der Waals surface area contributed by atoms with Crippen LogP contribution >= 0.6 is 15.9 Å². The van der Waals surface area contributed by atoms with Crippen molar-refractivity contribution in [3.05, 3.63) is 10.8 Å². The fourth-order valence-corrected chi connectivity index (χ4v) is 3.21. The van der Waals surface area contributed by atoms with Gasteiger partial charge in [-0.25, -0.2) is 9.97 Å². The van der Waals surface area contributed by atoms with Crippen LogP contribution in [0.15, 0.2) is 10.8 Å². The number of anilines is 2. The molecule has 1 aliphatic rings. The van der Waals surface area contributed by atoms with Crippen LogP contribution in [-0.2, 0) is 0 Å². The Balaban J connectivity index is 2.04. The highest BCUT2D eigenvalue weighted by molar-refractivity contribution is 9.10. The molecule has 1 aliphatic carbocycles. The first-order chi connectivity index (χ1) is 9.24. The number of hydrogen-bond acceptors (Lipinski definition) is 4. The van der Waals surface area contributed by atoms with Gasteiger partial charge in [-0.05, 0) is 41.6 Å². The molecule has 0 radical (unpaired) electrons. The summed E-state index contributed by atoms with van der Waals surface area (Å²) in [6.45, 7) is 5.21. The molecule has 1 saturated carbocycles. The van der Waals surface area contributed by atoms with Crippen LogP contribution < -0.4 is 10.6 Å². The smallest absolute Gasteiger partial charge is 0.146 e. The minimum absolute atomic E-state index is 0.541. The van der Waals surface area contributed by atoms with Crippen molar-refractivity contribution in [3.8, 4) is 0 Å². The topological polar surface area (TPSA) is 49.8 Å². The van der Waals surface area contributed by atoms with E-state index >= 15 is 0 Å². The van der Waals surface area contributed by atoms with E-state index in [1.807, 2.05) is 0 Å². The first-order valence-corrected chi connectivity index (χ1v) is 8.04. The lowest BCUT2D eigenvalue weighted by Gasteiger charge is -2.29. The number of nitrogens with zero attached hydrogens (tertiary/aromatic N) is 2. The molecule has 19 heavy (non-hydrogen) atoms. The van der Waals surface area contributed by atoms with Crippen LogP contribution in [-0.4, -0.2) is 22.6 Å². The van der Waals surface area contributed by atoms with Crippen molar-refractivity contribution in [2.24, 2.45) is 5.92 Å². The summed E-state index contributed by atoms with van der Waals surface area (Å²) in [6, 6.07) is 0.541. The molecule has 0 amide bonds. The number of nitrogens with one attached hydrogen (secondary N) is 2.